The van der Waals surface area contributed by atoms with Crippen LogP contribution in [0.3, 0.4) is 0 Å². The fraction of sp³-hybridized carbons (Fsp3) is 0.267. The molecule has 0 radical (unpaired) electrons. The molecule has 0 bridgehead atoms. The molecule has 5 rings (SSSR count). The SMILES string of the molecule is Cc1n[nH]c2ccc(-c3nnc(NC(OC(=O)C(F)(F)F)C(Cc4cccc(C(F)(F)F)c4)NCc4cccc(C(F)(F)F)c4)s3)cc12. The molecule has 5 aromatic rings. The Morgan fingerprint density at radius 3 is 2.17 bits per heavy atom. The average Bonchev–Trinajstić information content (AvgIpc) is 3.64. The van der Waals surface area contributed by atoms with E-state index in [4.69, 9.17) is 4.74 Å². The number of H-pyrrole nitrogens is 1. The molecule has 0 aliphatic rings. The Hall–Kier alpha value is -4.71. The molecule has 3 N–H and O–H groups in total. The second-order valence-corrected chi connectivity index (χ2v) is 11.5. The Morgan fingerprint density at radius 1 is 0.875 bits per heavy atom. The number of fused-ring (bicyclic) bond motifs is 1. The maximum atomic E-state index is 13.5. The fourth-order valence-electron chi connectivity index (χ4n) is 4.71. The van der Waals surface area contributed by atoms with Crippen LogP contribution in [0.25, 0.3) is 21.5 Å². The van der Waals surface area contributed by atoms with Gasteiger partial charge in [0, 0.05) is 17.5 Å². The normalized spacial score (nSPS) is 13.8. The minimum absolute atomic E-state index is 0.0250. The lowest BCUT2D eigenvalue weighted by Gasteiger charge is -2.29. The molecule has 3 aromatic carbocycles. The Labute approximate surface area is 269 Å². The van der Waals surface area contributed by atoms with E-state index in [1.807, 2.05) is 0 Å². The first-order valence-corrected chi connectivity index (χ1v) is 14.7. The quantitative estimate of drug-likeness (QED) is 0.0780. The third-order valence-corrected chi connectivity index (χ3v) is 7.96. The number of hydrogen-bond acceptors (Lipinski definition) is 8. The number of alkyl halides is 9. The van der Waals surface area contributed by atoms with Crippen molar-refractivity contribution in [1.82, 2.24) is 25.7 Å². The highest BCUT2D eigenvalue weighted by Crippen LogP contribution is 2.33. The van der Waals surface area contributed by atoms with Crippen LogP contribution in [0.4, 0.5) is 44.6 Å². The van der Waals surface area contributed by atoms with Crippen LogP contribution in [0, 0.1) is 6.92 Å². The second-order valence-electron chi connectivity index (χ2n) is 10.5. The summed E-state index contributed by atoms with van der Waals surface area (Å²) in [5.41, 5.74) is -0.0253. The Balaban J connectivity index is 1.49. The average molecular weight is 703 g/mol. The third-order valence-electron chi connectivity index (χ3n) is 7.05. The van der Waals surface area contributed by atoms with Gasteiger partial charge in [0.2, 0.25) is 5.13 Å². The number of aryl methyl sites for hydroxylation is 1. The van der Waals surface area contributed by atoms with Crippen molar-refractivity contribution >= 4 is 33.3 Å². The minimum atomic E-state index is -5.47. The van der Waals surface area contributed by atoms with Gasteiger partial charge in [0.25, 0.3) is 0 Å². The van der Waals surface area contributed by atoms with Crippen LogP contribution in [0.15, 0.2) is 66.7 Å². The van der Waals surface area contributed by atoms with Gasteiger partial charge in [0.1, 0.15) is 5.01 Å². The monoisotopic (exact) mass is 702 g/mol. The van der Waals surface area contributed by atoms with Crippen molar-refractivity contribution in [1.29, 1.82) is 0 Å². The van der Waals surface area contributed by atoms with Crippen LogP contribution >= 0.6 is 11.3 Å². The van der Waals surface area contributed by atoms with E-state index in [2.05, 4.69) is 31.0 Å². The van der Waals surface area contributed by atoms with Crippen molar-refractivity contribution in [2.75, 3.05) is 5.32 Å². The number of esters is 1. The fourth-order valence-corrected chi connectivity index (χ4v) is 5.48. The van der Waals surface area contributed by atoms with E-state index >= 15 is 0 Å². The first kappa shape index (κ1) is 34.6. The molecular weight excluding hydrogens is 679 g/mol. The summed E-state index contributed by atoms with van der Waals surface area (Å²) in [5, 5.41) is 21.2. The summed E-state index contributed by atoms with van der Waals surface area (Å²) in [6.07, 6.45) is -17.3. The molecule has 48 heavy (non-hydrogen) atoms. The number of aromatic amines is 1. The number of aromatic nitrogens is 4. The number of nitrogens with one attached hydrogen (secondary N) is 3. The van der Waals surface area contributed by atoms with Crippen molar-refractivity contribution in [3.63, 3.8) is 0 Å². The van der Waals surface area contributed by atoms with Gasteiger partial charge in [-0.3, -0.25) is 5.10 Å². The molecular formula is C30H23F9N6O2S. The molecule has 18 heteroatoms. The zero-order valence-electron chi connectivity index (χ0n) is 24.4. The second kappa shape index (κ2) is 13.4. The van der Waals surface area contributed by atoms with Crippen LogP contribution in [0.5, 0.6) is 0 Å². The number of benzene rings is 3. The van der Waals surface area contributed by atoms with Crippen LogP contribution in [-0.2, 0) is 34.8 Å². The van der Waals surface area contributed by atoms with E-state index in [0.717, 1.165) is 58.6 Å². The summed E-state index contributed by atoms with van der Waals surface area (Å²) in [6.45, 7) is 1.37. The molecule has 0 spiro atoms. The molecule has 2 unspecified atom stereocenters. The van der Waals surface area contributed by atoms with Gasteiger partial charge in [-0.05, 0) is 54.8 Å². The van der Waals surface area contributed by atoms with Gasteiger partial charge in [-0.2, -0.15) is 44.6 Å². The molecule has 0 aliphatic carbocycles. The highest BCUT2D eigenvalue weighted by Gasteiger charge is 2.44. The smallest absolute Gasteiger partial charge is 0.433 e. The molecule has 0 saturated carbocycles. The van der Waals surface area contributed by atoms with E-state index in [1.165, 1.54) is 12.1 Å². The summed E-state index contributed by atoms with van der Waals surface area (Å²) < 4.78 is 125. The number of ether oxygens (including phenoxy) is 1. The zero-order valence-corrected chi connectivity index (χ0v) is 25.2. The van der Waals surface area contributed by atoms with Crippen molar-refractivity contribution in [2.45, 2.75) is 50.7 Å². The zero-order chi connectivity index (χ0) is 34.9. The summed E-state index contributed by atoms with van der Waals surface area (Å²) >= 11 is 0.877. The van der Waals surface area contributed by atoms with E-state index in [1.54, 1.807) is 25.1 Å². The number of halogens is 9. The van der Waals surface area contributed by atoms with Crippen molar-refractivity contribution in [3.05, 3.63) is 94.7 Å². The van der Waals surface area contributed by atoms with Crippen molar-refractivity contribution in [3.8, 4) is 10.6 Å². The van der Waals surface area contributed by atoms with Gasteiger partial charge >= 0.3 is 24.5 Å². The van der Waals surface area contributed by atoms with E-state index in [0.29, 0.717) is 16.3 Å². The predicted octanol–water partition coefficient (Wildman–Crippen LogP) is 7.67. The lowest BCUT2D eigenvalue weighted by Crippen LogP contribution is -2.49. The van der Waals surface area contributed by atoms with Crippen LogP contribution in [0.1, 0.15) is 27.9 Å². The highest BCUT2D eigenvalue weighted by molar-refractivity contribution is 7.18. The Kier molecular flexibility index (Phi) is 9.68. The third kappa shape index (κ3) is 8.41. The molecule has 254 valence electrons. The van der Waals surface area contributed by atoms with E-state index in [-0.39, 0.29) is 16.3 Å². The molecule has 0 amide bonds. The van der Waals surface area contributed by atoms with Crippen molar-refractivity contribution in [2.24, 2.45) is 0 Å². The van der Waals surface area contributed by atoms with E-state index < -0.39 is 60.9 Å². The van der Waals surface area contributed by atoms with Gasteiger partial charge in [0.05, 0.1) is 28.4 Å². The summed E-state index contributed by atoms with van der Waals surface area (Å²) in [6, 6.07) is 11.7. The molecule has 8 nitrogen and oxygen atoms in total. The maximum Gasteiger partial charge on any atom is 0.491 e. The number of nitrogens with zero attached hydrogens (tertiary/aromatic N) is 3. The molecule has 0 saturated heterocycles. The minimum Gasteiger partial charge on any atom is -0.433 e. The molecule has 2 aromatic heterocycles. The van der Waals surface area contributed by atoms with Crippen LogP contribution in [0.2, 0.25) is 0 Å². The number of carbonyl (C=O) groups is 1. The largest absolute Gasteiger partial charge is 0.491 e. The number of anilines is 1. The molecule has 2 atom stereocenters. The number of hydrogen-bond donors (Lipinski definition) is 3. The van der Waals surface area contributed by atoms with E-state index in [9.17, 15) is 44.3 Å². The van der Waals surface area contributed by atoms with Gasteiger partial charge < -0.3 is 15.4 Å². The Bertz CT molecular complexity index is 1900. The summed E-state index contributed by atoms with van der Waals surface area (Å²) in [4.78, 5) is 12.1. The van der Waals surface area contributed by atoms with Gasteiger partial charge in [-0.15, -0.1) is 10.2 Å². The predicted molar refractivity (Wildman–Crippen MR) is 157 cm³/mol. The molecule has 0 fully saturated rings. The van der Waals surface area contributed by atoms with Crippen LogP contribution < -0.4 is 10.6 Å². The highest BCUT2D eigenvalue weighted by atomic mass is 32.1. The first-order chi connectivity index (χ1) is 22.5. The molecule has 2 heterocycles. The summed E-state index contributed by atoms with van der Waals surface area (Å²) in [5.74, 6) is -2.62. The van der Waals surface area contributed by atoms with Crippen LogP contribution in [-0.4, -0.2) is 44.8 Å². The lowest BCUT2D eigenvalue weighted by molar-refractivity contribution is -0.204. The van der Waals surface area contributed by atoms with Gasteiger partial charge in [-0.1, -0.05) is 47.7 Å². The van der Waals surface area contributed by atoms with Crippen molar-refractivity contribution < 1.29 is 49.0 Å². The molecule has 0 aliphatic heterocycles. The van der Waals surface area contributed by atoms with Gasteiger partial charge in [0.15, 0.2) is 6.23 Å². The lowest BCUT2D eigenvalue weighted by atomic mass is 10.0. The van der Waals surface area contributed by atoms with Gasteiger partial charge in [-0.25, -0.2) is 4.79 Å². The maximum absolute atomic E-state index is 13.5. The summed E-state index contributed by atoms with van der Waals surface area (Å²) in [7, 11) is 0. The Morgan fingerprint density at radius 2 is 1.52 bits per heavy atom. The number of rotatable bonds is 10. The topological polar surface area (TPSA) is 105 Å². The first-order valence-electron chi connectivity index (χ1n) is 13.9. The standard InChI is InChI=1S/C30H23F9N6O2S/c1-15-21-13-18(8-9-22(21)43-42-15)25-44-45-27(48-25)41-24(47-26(46)30(37,38)39)23(12-16-4-2-6-19(10-16)28(31,32)33)40-14-17-5-3-7-20(11-17)29(34,35)36/h2-11,13,23-24,40H,12,14H2,1H3,(H,41,45)(H,42,43). The number of carbonyl (C=O) groups excluding carboxylic acids is 1.